The molecule has 3 amide bonds. The Labute approximate surface area is 253 Å². The third-order valence-electron chi connectivity index (χ3n) is 7.49. The zero-order valence-corrected chi connectivity index (χ0v) is 26.0. The van der Waals surface area contributed by atoms with Crippen LogP contribution in [0.15, 0.2) is 42.5 Å². The maximum absolute atomic E-state index is 13.6. The van der Waals surface area contributed by atoms with Gasteiger partial charge in [0, 0.05) is 38.0 Å². The van der Waals surface area contributed by atoms with Gasteiger partial charge in [-0.1, -0.05) is 25.5 Å². The number of carbonyl (C=O) groups excluding carboxylic acids is 3. The van der Waals surface area contributed by atoms with Crippen molar-refractivity contribution in [1.29, 1.82) is 0 Å². The number of sulfonamides is 1. The van der Waals surface area contributed by atoms with Crippen molar-refractivity contribution in [3.05, 3.63) is 48.0 Å². The van der Waals surface area contributed by atoms with Gasteiger partial charge in [0.2, 0.25) is 21.8 Å². The molecule has 2 aromatic rings. The minimum atomic E-state index is -3.46. The summed E-state index contributed by atoms with van der Waals surface area (Å²) >= 11 is 0. The van der Waals surface area contributed by atoms with Crippen molar-refractivity contribution in [2.75, 3.05) is 49.4 Å². The number of nitrogens with one attached hydrogen (secondary N) is 2. The molecule has 0 radical (unpaired) electrons. The summed E-state index contributed by atoms with van der Waals surface area (Å²) in [6.07, 6.45) is 2.97. The molecule has 1 aliphatic rings. The van der Waals surface area contributed by atoms with E-state index in [0.29, 0.717) is 42.7 Å². The number of hydrogen-bond donors (Lipinski definition) is 4. The summed E-state index contributed by atoms with van der Waals surface area (Å²) in [5.41, 5.74) is 7.55. The molecule has 13 heteroatoms. The van der Waals surface area contributed by atoms with Crippen molar-refractivity contribution < 1.29 is 32.6 Å². The average Bonchev–Trinajstić information content (AvgIpc) is 2.95. The summed E-state index contributed by atoms with van der Waals surface area (Å²) in [5, 5.41) is 15.4. The zero-order valence-electron chi connectivity index (χ0n) is 25.2. The van der Waals surface area contributed by atoms with Gasteiger partial charge in [-0.2, -0.15) is 0 Å². The number of fused-ring (bicyclic) bond motifs is 1. The second kappa shape index (κ2) is 15.2. The van der Waals surface area contributed by atoms with Crippen LogP contribution >= 0.6 is 0 Å². The van der Waals surface area contributed by atoms with Gasteiger partial charge in [0.15, 0.2) is 0 Å². The monoisotopic (exact) mass is 617 g/mol. The molecular formula is C30H43N5O7S. The molecule has 0 saturated carbocycles. The number of aliphatic hydroxyl groups is 1. The molecule has 0 saturated heterocycles. The third kappa shape index (κ3) is 9.66. The predicted molar refractivity (Wildman–Crippen MR) is 166 cm³/mol. The fraction of sp³-hybridized carbons (Fsp3) is 0.500. The number of nitrogens with two attached hydrogens (primary N) is 1. The van der Waals surface area contributed by atoms with Crippen LogP contribution in [0.1, 0.15) is 56.3 Å². The molecule has 12 nitrogen and oxygen atoms in total. The molecule has 0 aromatic heterocycles. The Morgan fingerprint density at radius 1 is 1.12 bits per heavy atom. The molecule has 43 heavy (non-hydrogen) atoms. The molecule has 3 rings (SSSR count). The van der Waals surface area contributed by atoms with Gasteiger partial charge in [-0.3, -0.25) is 14.4 Å². The number of likely N-dealkylation sites (N-methyl/N-ethyl adjacent to an activating group) is 1. The van der Waals surface area contributed by atoms with Crippen LogP contribution < -0.4 is 21.1 Å². The van der Waals surface area contributed by atoms with Gasteiger partial charge >= 0.3 is 0 Å². The van der Waals surface area contributed by atoms with Gasteiger partial charge in [-0.15, -0.1) is 0 Å². The Hall–Kier alpha value is -3.68. The summed E-state index contributed by atoms with van der Waals surface area (Å²) < 4.78 is 31.5. The summed E-state index contributed by atoms with van der Waals surface area (Å²) in [6, 6.07) is 11.3. The molecule has 2 aromatic carbocycles. The van der Waals surface area contributed by atoms with Crippen LogP contribution in [-0.2, 0) is 19.6 Å². The maximum Gasteiger partial charge on any atom is 0.258 e. The molecule has 0 spiro atoms. The summed E-state index contributed by atoms with van der Waals surface area (Å²) in [7, 11) is -1.99. The highest BCUT2D eigenvalue weighted by atomic mass is 32.2. The zero-order chi connectivity index (χ0) is 31.7. The van der Waals surface area contributed by atoms with E-state index in [1.165, 1.54) is 11.4 Å². The second-order valence-electron chi connectivity index (χ2n) is 11.1. The van der Waals surface area contributed by atoms with Crippen LogP contribution in [-0.4, -0.2) is 85.6 Å². The molecule has 1 aliphatic heterocycles. The molecule has 0 bridgehead atoms. The van der Waals surface area contributed by atoms with Crippen molar-refractivity contribution in [2.24, 2.45) is 5.92 Å². The normalized spacial score (nSPS) is 17.8. The van der Waals surface area contributed by atoms with Gasteiger partial charge in [-0.05, 0) is 50.1 Å². The van der Waals surface area contributed by atoms with Gasteiger partial charge in [0.05, 0.1) is 42.4 Å². The number of rotatable bonds is 13. The van der Waals surface area contributed by atoms with E-state index in [-0.39, 0.29) is 61.1 Å². The van der Waals surface area contributed by atoms with Crippen LogP contribution in [0.2, 0.25) is 0 Å². The fourth-order valence-corrected chi connectivity index (χ4v) is 5.12. The van der Waals surface area contributed by atoms with E-state index in [9.17, 15) is 27.9 Å². The first-order valence-electron chi connectivity index (χ1n) is 14.4. The number of hydrogen-bond acceptors (Lipinski definition) is 8. The van der Waals surface area contributed by atoms with Crippen molar-refractivity contribution in [1.82, 2.24) is 9.21 Å². The number of para-hydroxylation sites is 2. The Kier molecular flexibility index (Phi) is 11.9. The lowest BCUT2D eigenvalue weighted by Gasteiger charge is -2.38. The largest absolute Gasteiger partial charge is 0.488 e. The van der Waals surface area contributed by atoms with Crippen molar-refractivity contribution >= 4 is 44.8 Å². The Morgan fingerprint density at radius 3 is 2.40 bits per heavy atom. The number of amides is 3. The molecule has 236 valence electrons. The lowest BCUT2D eigenvalue weighted by molar-refractivity contribution is -0.116. The van der Waals surface area contributed by atoms with E-state index in [4.69, 9.17) is 10.5 Å². The second-order valence-corrected chi connectivity index (χ2v) is 13.2. The quantitative estimate of drug-likeness (QED) is 0.196. The highest BCUT2D eigenvalue weighted by Crippen LogP contribution is 2.31. The lowest BCUT2D eigenvalue weighted by Crippen LogP contribution is -2.50. The smallest absolute Gasteiger partial charge is 0.258 e. The topological polar surface area (TPSA) is 171 Å². The first-order chi connectivity index (χ1) is 20.3. The van der Waals surface area contributed by atoms with Crippen molar-refractivity contribution in [2.45, 2.75) is 58.1 Å². The van der Waals surface area contributed by atoms with E-state index < -0.39 is 22.2 Å². The molecule has 3 atom stereocenters. The Morgan fingerprint density at radius 2 is 1.77 bits per heavy atom. The highest BCUT2D eigenvalue weighted by Gasteiger charge is 2.34. The summed E-state index contributed by atoms with van der Waals surface area (Å²) in [6.45, 7) is 3.68. The van der Waals surface area contributed by atoms with Gasteiger partial charge < -0.3 is 31.1 Å². The number of nitrogens with zero attached hydrogens (tertiary/aromatic N) is 2. The lowest BCUT2D eigenvalue weighted by atomic mass is 9.99. The van der Waals surface area contributed by atoms with E-state index in [2.05, 4.69) is 10.6 Å². The SMILES string of the molecule is C[C@@H]1CN([C@@H](C)CO)C(=O)c2cc(NC(=O)CCCCCC(=O)Nc3ccccc3N)ccc2O[C@@H]1CN(C)S(C)(=O)=O. The van der Waals surface area contributed by atoms with Gasteiger partial charge in [0.25, 0.3) is 5.91 Å². The number of benzene rings is 2. The summed E-state index contributed by atoms with van der Waals surface area (Å²) in [5.74, 6) is -0.698. The van der Waals surface area contributed by atoms with Crippen LogP contribution in [0, 0.1) is 5.92 Å². The van der Waals surface area contributed by atoms with E-state index in [0.717, 1.165) is 6.26 Å². The molecular weight excluding hydrogens is 574 g/mol. The van der Waals surface area contributed by atoms with E-state index in [1.54, 1.807) is 54.3 Å². The van der Waals surface area contributed by atoms with Crippen LogP contribution in [0.3, 0.4) is 0 Å². The number of nitrogen functional groups attached to an aromatic ring is 1. The van der Waals surface area contributed by atoms with E-state index in [1.807, 2.05) is 6.92 Å². The minimum absolute atomic E-state index is 0.0788. The van der Waals surface area contributed by atoms with Crippen LogP contribution in [0.5, 0.6) is 5.75 Å². The number of aliphatic hydroxyl groups excluding tert-OH is 1. The van der Waals surface area contributed by atoms with E-state index >= 15 is 0 Å². The first-order valence-corrected chi connectivity index (χ1v) is 16.2. The average molecular weight is 618 g/mol. The molecule has 0 unspecified atom stereocenters. The van der Waals surface area contributed by atoms with Crippen molar-refractivity contribution in [3.63, 3.8) is 0 Å². The standard InChI is InChI=1S/C30H43N5O7S/c1-20-17-35(21(2)19-36)30(39)23-16-22(14-15-26(23)42-27(20)18-34(3)43(4,40)41)32-28(37)12-6-5-7-13-29(38)33-25-11-9-8-10-24(25)31/h8-11,14-16,20-21,27,36H,5-7,12-13,17-19,31H2,1-4H3,(H,32,37)(H,33,38)/t20-,21+,27-/m1/s1. The van der Waals surface area contributed by atoms with Crippen LogP contribution in [0.25, 0.3) is 0 Å². The third-order valence-corrected chi connectivity index (χ3v) is 8.78. The van der Waals surface area contributed by atoms with Gasteiger partial charge in [0.1, 0.15) is 11.9 Å². The Bertz CT molecular complexity index is 1400. The van der Waals surface area contributed by atoms with Crippen LogP contribution in [0.4, 0.5) is 17.1 Å². The molecule has 1 heterocycles. The maximum atomic E-state index is 13.6. The number of anilines is 3. The Balaban J connectivity index is 1.62. The predicted octanol–water partition coefficient (Wildman–Crippen LogP) is 2.91. The van der Waals surface area contributed by atoms with Crippen molar-refractivity contribution in [3.8, 4) is 5.75 Å². The first kappa shape index (κ1) is 33.8. The number of carbonyl (C=O) groups is 3. The molecule has 0 aliphatic carbocycles. The highest BCUT2D eigenvalue weighted by molar-refractivity contribution is 7.88. The number of unbranched alkanes of at least 4 members (excludes halogenated alkanes) is 2. The van der Waals surface area contributed by atoms with Gasteiger partial charge in [-0.25, -0.2) is 12.7 Å². The number of ether oxygens (including phenoxy) is 1. The molecule has 5 N–H and O–H groups in total. The fourth-order valence-electron chi connectivity index (χ4n) is 4.70. The molecule has 0 fully saturated rings. The summed E-state index contributed by atoms with van der Waals surface area (Å²) in [4.78, 5) is 40.0. The minimum Gasteiger partial charge on any atom is -0.488 e.